The summed E-state index contributed by atoms with van der Waals surface area (Å²) in [5, 5.41) is 3.51. The van der Waals surface area contributed by atoms with Crippen molar-refractivity contribution < 1.29 is 14.3 Å². The van der Waals surface area contributed by atoms with Crippen molar-refractivity contribution in [2.45, 2.75) is 45.6 Å². The molecule has 1 fully saturated rings. The van der Waals surface area contributed by atoms with Gasteiger partial charge in [0.1, 0.15) is 5.60 Å². The van der Waals surface area contributed by atoms with E-state index >= 15 is 0 Å². The molecule has 1 aromatic rings. The molecule has 0 aliphatic carbocycles. The van der Waals surface area contributed by atoms with E-state index in [2.05, 4.69) is 27.9 Å². The number of ether oxygens (including phenoxy) is 1. The third kappa shape index (κ3) is 6.61. The van der Waals surface area contributed by atoms with Crippen LogP contribution in [0.2, 0.25) is 5.02 Å². The molecular formula is C19H26ClIN2O3. The molecule has 1 saturated heterocycles. The predicted molar refractivity (Wildman–Crippen MR) is 112 cm³/mol. The van der Waals surface area contributed by atoms with Gasteiger partial charge in [0.05, 0.1) is 5.56 Å². The van der Waals surface area contributed by atoms with E-state index in [0.29, 0.717) is 29.6 Å². The van der Waals surface area contributed by atoms with Crippen molar-refractivity contribution in [1.82, 2.24) is 10.2 Å². The van der Waals surface area contributed by atoms with Crippen LogP contribution in [0.1, 0.15) is 50.4 Å². The molecule has 1 unspecified atom stereocenters. The Bertz CT molecular complexity index is 661. The first kappa shape index (κ1) is 21.3. The third-order valence-electron chi connectivity index (χ3n) is 4.18. The zero-order chi connectivity index (χ0) is 19.3. The van der Waals surface area contributed by atoms with Crippen molar-refractivity contribution in [1.29, 1.82) is 0 Å². The van der Waals surface area contributed by atoms with Crippen molar-refractivity contribution in [2.24, 2.45) is 5.92 Å². The lowest BCUT2D eigenvalue weighted by Gasteiger charge is -2.34. The normalized spacial score (nSPS) is 17.7. The van der Waals surface area contributed by atoms with Crippen LogP contribution in [0.25, 0.3) is 0 Å². The van der Waals surface area contributed by atoms with Gasteiger partial charge in [-0.25, -0.2) is 4.79 Å². The van der Waals surface area contributed by atoms with Crippen molar-refractivity contribution >= 4 is 46.2 Å². The molecule has 0 spiro atoms. The zero-order valence-electron chi connectivity index (χ0n) is 15.5. The standard InChI is InChI=1S/C19H26ClIN2O3/c1-19(2,3)26-18(25)23-10-4-5-13(12-23)8-9-22-17(24)15-11-14(20)6-7-16(15)21/h6-7,11,13H,4-5,8-10,12H2,1-3H3,(H,22,24). The highest BCUT2D eigenvalue weighted by Gasteiger charge is 2.27. The number of rotatable bonds is 4. The number of hydrogen-bond acceptors (Lipinski definition) is 3. The van der Waals surface area contributed by atoms with Crippen molar-refractivity contribution in [3.63, 3.8) is 0 Å². The summed E-state index contributed by atoms with van der Waals surface area (Å²) in [6, 6.07) is 5.29. The Morgan fingerprint density at radius 3 is 2.81 bits per heavy atom. The molecule has 1 aliphatic heterocycles. The highest BCUT2D eigenvalue weighted by molar-refractivity contribution is 14.1. The van der Waals surface area contributed by atoms with Gasteiger partial charge in [-0.15, -0.1) is 0 Å². The lowest BCUT2D eigenvalue weighted by Crippen LogP contribution is -2.43. The summed E-state index contributed by atoms with van der Waals surface area (Å²) in [5.41, 5.74) is 0.115. The van der Waals surface area contributed by atoms with Crippen LogP contribution in [0.15, 0.2) is 18.2 Å². The molecule has 1 aliphatic rings. The Balaban J connectivity index is 1.81. The SMILES string of the molecule is CC(C)(C)OC(=O)N1CCCC(CCNC(=O)c2cc(Cl)ccc2I)C1. The summed E-state index contributed by atoms with van der Waals surface area (Å²) >= 11 is 8.11. The second-order valence-electron chi connectivity index (χ2n) is 7.60. The average molecular weight is 493 g/mol. The molecule has 1 N–H and O–H groups in total. The first-order chi connectivity index (χ1) is 12.2. The van der Waals surface area contributed by atoms with Gasteiger partial charge < -0.3 is 15.0 Å². The van der Waals surface area contributed by atoms with Crippen LogP contribution in [0.4, 0.5) is 4.79 Å². The maximum absolute atomic E-state index is 12.3. The summed E-state index contributed by atoms with van der Waals surface area (Å²) < 4.78 is 6.33. The molecule has 1 atom stereocenters. The summed E-state index contributed by atoms with van der Waals surface area (Å²) in [7, 11) is 0. The lowest BCUT2D eigenvalue weighted by molar-refractivity contribution is 0.0161. The minimum absolute atomic E-state index is 0.114. The van der Waals surface area contributed by atoms with Crippen LogP contribution in [-0.4, -0.2) is 42.1 Å². The topological polar surface area (TPSA) is 58.6 Å². The van der Waals surface area contributed by atoms with Crippen molar-refractivity contribution in [2.75, 3.05) is 19.6 Å². The largest absolute Gasteiger partial charge is 0.444 e. The van der Waals surface area contributed by atoms with Crippen LogP contribution in [0, 0.1) is 9.49 Å². The molecule has 0 saturated carbocycles. The minimum Gasteiger partial charge on any atom is -0.444 e. The first-order valence-corrected chi connectivity index (χ1v) is 10.3. The smallest absolute Gasteiger partial charge is 0.410 e. The van der Waals surface area contributed by atoms with Crippen molar-refractivity contribution in [3.8, 4) is 0 Å². The Morgan fingerprint density at radius 1 is 1.38 bits per heavy atom. The lowest BCUT2D eigenvalue weighted by atomic mass is 9.95. The molecular weight excluding hydrogens is 467 g/mol. The van der Waals surface area contributed by atoms with E-state index in [4.69, 9.17) is 16.3 Å². The fourth-order valence-corrected chi connectivity index (χ4v) is 3.70. The van der Waals surface area contributed by atoms with Gasteiger partial charge in [0.15, 0.2) is 0 Å². The predicted octanol–water partition coefficient (Wildman–Crippen LogP) is 4.71. The summed E-state index contributed by atoms with van der Waals surface area (Å²) in [6.45, 7) is 7.61. The Kier molecular flexibility index (Phi) is 7.58. The van der Waals surface area contributed by atoms with E-state index in [0.717, 1.165) is 29.4 Å². The van der Waals surface area contributed by atoms with E-state index in [9.17, 15) is 9.59 Å². The molecule has 144 valence electrons. The number of piperidine rings is 1. The van der Waals surface area contributed by atoms with E-state index in [1.54, 1.807) is 17.0 Å². The third-order valence-corrected chi connectivity index (χ3v) is 5.36. The fourth-order valence-electron chi connectivity index (χ4n) is 2.95. The van der Waals surface area contributed by atoms with Crippen LogP contribution >= 0.6 is 34.2 Å². The maximum Gasteiger partial charge on any atom is 0.410 e. The highest BCUT2D eigenvalue weighted by atomic mass is 127. The van der Waals surface area contributed by atoms with Crippen LogP contribution < -0.4 is 5.32 Å². The molecule has 1 heterocycles. The minimum atomic E-state index is -0.480. The number of nitrogens with zero attached hydrogens (tertiary/aromatic N) is 1. The highest BCUT2D eigenvalue weighted by Crippen LogP contribution is 2.22. The fraction of sp³-hybridized carbons (Fsp3) is 0.579. The Hall–Kier alpha value is -1.02. The number of nitrogens with one attached hydrogen (secondary N) is 1. The molecule has 5 nitrogen and oxygen atoms in total. The van der Waals surface area contributed by atoms with Gasteiger partial charge in [-0.05, 0) is 86.7 Å². The summed E-state index contributed by atoms with van der Waals surface area (Å²) in [6.07, 6.45) is 2.61. The molecule has 0 radical (unpaired) electrons. The van der Waals surface area contributed by atoms with E-state index in [-0.39, 0.29) is 12.0 Å². The zero-order valence-corrected chi connectivity index (χ0v) is 18.4. The van der Waals surface area contributed by atoms with E-state index in [1.807, 2.05) is 26.8 Å². The number of carbonyl (C=O) groups is 2. The molecule has 26 heavy (non-hydrogen) atoms. The van der Waals surface area contributed by atoms with Crippen LogP contribution in [-0.2, 0) is 4.74 Å². The Morgan fingerprint density at radius 2 is 2.12 bits per heavy atom. The molecule has 0 bridgehead atoms. The Labute approximate surface area is 173 Å². The monoisotopic (exact) mass is 492 g/mol. The number of benzene rings is 1. The summed E-state index contributed by atoms with van der Waals surface area (Å²) in [4.78, 5) is 26.3. The molecule has 2 rings (SSSR count). The average Bonchev–Trinajstić information content (AvgIpc) is 2.55. The van der Waals surface area contributed by atoms with Crippen LogP contribution in [0.5, 0.6) is 0 Å². The van der Waals surface area contributed by atoms with E-state index in [1.165, 1.54) is 0 Å². The second kappa shape index (κ2) is 9.26. The molecule has 0 aromatic heterocycles. The van der Waals surface area contributed by atoms with Gasteiger partial charge in [-0.2, -0.15) is 0 Å². The van der Waals surface area contributed by atoms with Gasteiger partial charge >= 0.3 is 6.09 Å². The quantitative estimate of drug-likeness (QED) is 0.619. The van der Waals surface area contributed by atoms with Gasteiger partial charge in [0.25, 0.3) is 5.91 Å². The maximum atomic E-state index is 12.3. The van der Waals surface area contributed by atoms with Crippen molar-refractivity contribution in [3.05, 3.63) is 32.4 Å². The van der Waals surface area contributed by atoms with Gasteiger partial charge in [0.2, 0.25) is 0 Å². The summed E-state index contributed by atoms with van der Waals surface area (Å²) in [5.74, 6) is 0.256. The molecule has 7 heteroatoms. The van der Waals surface area contributed by atoms with Gasteiger partial charge in [-0.1, -0.05) is 11.6 Å². The van der Waals surface area contributed by atoms with Crippen LogP contribution in [0.3, 0.4) is 0 Å². The number of likely N-dealkylation sites (tertiary alicyclic amines) is 1. The van der Waals surface area contributed by atoms with E-state index < -0.39 is 5.60 Å². The number of carbonyl (C=O) groups excluding carboxylic acids is 2. The first-order valence-electron chi connectivity index (χ1n) is 8.87. The molecule has 2 amide bonds. The number of halogens is 2. The number of amides is 2. The van der Waals surface area contributed by atoms with Gasteiger partial charge in [0, 0.05) is 28.2 Å². The van der Waals surface area contributed by atoms with Gasteiger partial charge in [-0.3, -0.25) is 4.79 Å². The number of hydrogen-bond donors (Lipinski definition) is 1. The molecule has 1 aromatic carbocycles. The second-order valence-corrected chi connectivity index (χ2v) is 9.20.